The fourth-order valence-corrected chi connectivity index (χ4v) is 5.17. The molecule has 172 valence electrons. The highest BCUT2D eigenvalue weighted by atomic mass is 16.6. The molecule has 3 amide bonds. The molecule has 0 aromatic heterocycles. The van der Waals surface area contributed by atoms with Crippen LogP contribution in [0.4, 0.5) is 11.4 Å². The van der Waals surface area contributed by atoms with Crippen LogP contribution in [0, 0.1) is 26.9 Å². The predicted octanol–water partition coefficient (Wildman–Crippen LogP) is 3.96. The maximum atomic E-state index is 13.7. The molecule has 0 spiro atoms. The third-order valence-corrected chi connectivity index (χ3v) is 7.68. The number of anilines is 1. The van der Waals surface area contributed by atoms with Gasteiger partial charge in [-0.15, -0.1) is 0 Å². The average Bonchev–Trinajstić information content (AvgIpc) is 2.97. The van der Waals surface area contributed by atoms with Crippen molar-refractivity contribution in [3.8, 4) is 0 Å². The standard InChI is InChI=1S/C25H27N3O5/c1-24(2)19-13-14-25(24,3)23(31)27(22(19)30)20(15-16-7-5-4-6-8-16)21(29)26-17-9-11-18(12-10-17)28(32)33/h4-12,19-20H,13-15H2,1-3H3,(H,26,29). The van der Waals surface area contributed by atoms with E-state index in [2.05, 4.69) is 5.32 Å². The zero-order valence-corrected chi connectivity index (χ0v) is 18.9. The first-order chi connectivity index (χ1) is 15.6. The predicted molar refractivity (Wildman–Crippen MR) is 122 cm³/mol. The number of piperidine rings is 1. The number of rotatable bonds is 6. The van der Waals surface area contributed by atoms with Crippen molar-refractivity contribution in [3.05, 3.63) is 70.3 Å². The summed E-state index contributed by atoms with van der Waals surface area (Å²) in [4.78, 5) is 52.2. The molecular weight excluding hydrogens is 422 g/mol. The molecule has 1 heterocycles. The van der Waals surface area contributed by atoms with Gasteiger partial charge in [0.05, 0.1) is 10.3 Å². The molecule has 1 saturated carbocycles. The second kappa shape index (κ2) is 8.10. The molecule has 8 nitrogen and oxygen atoms in total. The van der Waals surface area contributed by atoms with E-state index in [1.165, 1.54) is 29.2 Å². The normalized spacial score (nSPS) is 24.5. The van der Waals surface area contributed by atoms with E-state index >= 15 is 0 Å². The number of nitro benzene ring substituents is 1. The van der Waals surface area contributed by atoms with Gasteiger partial charge >= 0.3 is 0 Å². The third kappa shape index (κ3) is 3.69. The van der Waals surface area contributed by atoms with Crippen molar-refractivity contribution < 1.29 is 19.3 Å². The first kappa shape index (κ1) is 22.6. The van der Waals surface area contributed by atoms with Crippen LogP contribution in [0.2, 0.25) is 0 Å². The number of carbonyl (C=O) groups excluding carboxylic acids is 3. The molecule has 2 fully saturated rings. The molecule has 8 heteroatoms. The van der Waals surface area contributed by atoms with Crippen LogP contribution < -0.4 is 5.32 Å². The van der Waals surface area contributed by atoms with Crippen LogP contribution in [0.5, 0.6) is 0 Å². The number of nitrogens with one attached hydrogen (secondary N) is 1. The summed E-state index contributed by atoms with van der Waals surface area (Å²) in [6.07, 6.45) is 1.40. The molecule has 2 aromatic carbocycles. The summed E-state index contributed by atoms with van der Waals surface area (Å²) in [7, 11) is 0. The Morgan fingerprint density at radius 1 is 1.12 bits per heavy atom. The Hall–Kier alpha value is -3.55. The highest BCUT2D eigenvalue weighted by molar-refractivity contribution is 6.09. The second-order valence-corrected chi connectivity index (χ2v) is 9.66. The lowest BCUT2D eigenvalue weighted by atomic mass is 9.62. The Morgan fingerprint density at radius 3 is 2.36 bits per heavy atom. The average molecular weight is 450 g/mol. The molecule has 1 aliphatic heterocycles. The number of benzene rings is 2. The van der Waals surface area contributed by atoms with E-state index in [1.807, 2.05) is 51.1 Å². The topological polar surface area (TPSA) is 110 Å². The summed E-state index contributed by atoms with van der Waals surface area (Å²) in [5, 5.41) is 13.7. The quantitative estimate of drug-likeness (QED) is 0.408. The molecule has 1 saturated heterocycles. The number of hydrogen-bond acceptors (Lipinski definition) is 5. The maximum Gasteiger partial charge on any atom is 0.269 e. The van der Waals surface area contributed by atoms with Crippen LogP contribution >= 0.6 is 0 Å². The monoisotopic (exact) mass is 449 g/mol. The number of hydrogen-bond donors (Lipinski definition) is 1. The Kier molecular flexibility index (Phi) is 5.56. The van der Waals surface area contributed by atoms with Crippen LogP contribution in [0.25, 0.3) is 0 Å². The van der Waals surface area contributed by atoms with Crippen molar-refractivity contribution >= 4 is 29.1 Å². The number of non-ortho nitro benzene ring substituents is 1. The van der Waals surface area contributed by atoms with E-state index in [-0.39, 0.29) is 29.8 Å². The number of likely N-dealkylation sites (tertiary alicyclic amines) is 1. The highest BCUT2D eigenvalue weighted by Crippen LogP contribution is 2.60. The Labute approximate surface area is 192 Å². The van der Waals surface area contributed by atoms with Gasteiger partial charge in [-0.3, -0.25) is 29.4 Å². The van der Waals surface area contributed by atoms with Gasteiger partial charge in [-0.2, -0.15) is 0 Å². The lowest BCUT2D eigenvalue weighted by Crippen LogP contribution is -2.64. The number of nitro groups is 1. The van der Waals surface area contributed by atoms with Gasteiger partial charge in [0.15, 0.2) is 0 Å². The van der Waals surface area contributed by atoms with Gasteiger partial charge in [0.25, 0.3) is 5.69 Å². The van der Waals surface area contributed by atoms with Gasteiger partial charge in [-0.25, -0.2) is 0 Å². The number of imide groups is 1. The maximum absolute atomic E-state index is 13.7. The molecule has 2 aliphatic rings. The summed E-state index contributed by atoms with van der Waals surface area (Å²) in [5.74, 6) is -1.45. The molecular formula is C25H27N3O5. The van der Waals surface area contributed by atoms with Crippen molar-refractivity contribution in [2.45, 2.75) is 46.1 Å². The smallest absolute Gasteiger partial charge is 0.269 e. The highest BCUT2D eigenvalue weighted by Gasteiger charge is 2.65. The lowest BCUT2D eigenvalue weighted by Gasteiger charge is -2.49. The molecule has 1 N–H and O–H groups in total. The van der Waals surface area contributed by atoms with Gasteiger partial charge in [0.2, 0.25) is 17.7 Å². The molecule has 0 radical (unpaired) electrons. The molecule has 1 aliphatic carbocycles. The summed E-state index contributed by atoms with van der Waals surface area (Å²) in [6.45, 7) is 5.81. The Morgan fingerprint density at radius 2 is 1.76 bits per heavy atom. The van der Waals surface area contributed by atoms with E-state index in [4.69, 9.17) is 0 Å². The fourth-order valence-electron chi connectivity index (χ4n) is 5.17. The summed E-state index contributed by atoms with van der Waals surface area (Å²) in [6, 6.07) is 13.7. The zero-order valence-electron chi connectivity index (χ0n) is 18.9. The molecule has 33 heavy (non-hydrogen) atoms. The third-order valence-electron chi connectivity index (χ3n) is 7.68. The van der Waals surface area contributed by atoms with Crippen molar-refractivity contribution in [2.24, 2.45) is 16.7 Å². The minimum atomic E-state index is -1.03. The number of carbonyl (C=O) groups is 3. The SMILES string of the molecule is CC12CCC(C(=O)N(C(Cc3ccccc3)C(=O)Nc3ccc([N+](=O)[O-])cc3)C1=O)C2(C)C. The van der Waals surface area contributed by atoms with Crippen LogP contribution in [-0.4, -0.2) is 33.6 Å². The van der Waals surface area contributed by atoms with E-state index in [9.17, 15) is 24.5 Å². The minimum absolute atomic E-state index is 0.0954. The summed E-state index contributed by atoms with van der Waals surface area (Å²) in [5.41, 5.74) is -0.126. The van der Waals surface area contributed by atoms with E-state index in [0.29, 0.717) is 18.5 Å². The fraction of sp³-hybridized carbons (Fsp3) is 0.400. The molecule has 2 aromatic rings. The molecule has 3 unspecified atom stereocenters. The van der Waals surface area contributed by atoms with Crippen molar-refractivity contribution in [1.29, 1.82) is 0 Å². The van der Waals surface area contributed by atoms with Gasteiger partial charge in [-0.1, -0.05) is 51.1 Å². The number of nitrogens with zero attached hydrogens (tertiary/aromatic N) is 2. The summed E-state index contributed by atoms with van der Waals surface area (Å²) < 4.78 is 0. The lowest BCUT2D eigenvalue weighted by molar-refractivity contribution is -0.384. The van der Waals surface area contributed by atoms with Crippen molar-refractivity contribution in [1.82, 2.24) is 4.90 Å². The van der Waals surface area contributed by atoms with Gasteiger partial charge in [-0.05, 0) is 36.0 Å². The van der Waals surface area contributed by atoms with Crippen LogP contribution in [0.3, 0.4) is 0 Å². The number of fused-ring (bicyclic) bond motifs is 2. The van der Waals surface area contributed by atoms with E-state index in [1.54, 1.807) is 0 Å². The first-order valence-electron chi connectivity index (χ1n) is 11.0. The first-order valence-corrected chi connectivity index (χ1v) is 11.0. The van der Waals surface area contributed by atoms with Gasteiger partial charge in [0, 0.05) is 30.2 Å². The van der Waals surface area contributed by atoms with Crippen molar-refractivity contribution in [2.75, 3.05) is 5.32 Å². The van der Waals surface area contributed by atoms with Gasteiger partial charge in [0.1, 0.15) is 6.04 Å². The second-order valence-electron chi connectivity index (χ2n) is 9.66. The van der Waals surface area contributed by atoms with Crippen molar-refractivity contribution in [3.63, 3.8) is 0 Å². The van der Waals surface area contributed by atoms with E-state index in [0.717, 1.165) is 5.56 Å². The Balaban J connectivity index is 1.68. The van der Waals surface area contributed by atoms with E-state index < -0.39 is 27.7 Å². The van der Waals surface area contributed by atoms with Crippen LogP contribution in [-0.2, 0) is 20.8 Å². The zero-order chi connectivity index (χ0) is 24.0. The number of amides is 3. The minimum Gasteiger partial charge on any atom is -0.324 e. The molecule has 2 bridgehead atoms. The Bertz CT molecular complexity index is 1110. The molecule has 3 atom stereocenters. The molecule has 4 rings (SSSR count). The van der Waals surface area contributed by atoms with Crippen LogP contribution in [0.15, 0.2) is 54.6 Å². The van der Waals surface area contributed by atoms with Crippen LogP contribution in [0.1, 0.15) is 39.2 Å². The van der Waals surface area contributed by atoms with Gasteiger partial charge < -0.3 is 5.32 Å². The largest absolute Gasteiger partial charge is 0.324 e. The summed E-state index contributed by atoms with van der Waals surface area (Å²) >= 11 is 0.